The number of hydrogen-bond acceptors (Lipinski definition) is 5. The molecular weight excluding hydrogens is 414 g/mol. The number of halogens is 1. The van der Waals surface area contributed by atoms with E-state index in [-0.39, 0.29) is 10.7 Å². The van der Waals surface area contributed by atoms with Gasteiger partial charge in [0.25, 0.3) is 10.0 Å². The molecule has 1 aromatic heterocycles. The highest BCUT2D eigenvalue weighted by Gasteiger charge is 2.16. The number of amides is 2. The highest BCUT2D eigenvalue weighted by atomic mass is 35.5. The molecule has 150 valence electrons. The number of aryl methyl sites for hydroxylation is 2. The minimum absolute atomic E-state index is 0.0345. The Labute approximate surface area is 173 Å². The van der Waals surface area contributed by atoms with Crippen LogP contribution < -0.4 is 15.4 Å². The maximum Gasteiger partial charge on any atom is 0.323 e. The number of nitrogens with zero attached hydrogens (tertiary/aromatic N) is 2. The van der Waals surface area contributed by atoms with Crippen molar-refractivity contribution in [3.8, 4) is 0 Å². The zero-order valence-corrected chi connectivity index (χ0v) is 17.2. The molecule has 0 spiro atoms. The van der Waals surface area contributed by atoms with Crippen LogP contribution in [0, 0.1) is 13.8 Å². The summed E-state index contributed by atoms with van der Waals surface area (Å²) in [6, 6.07) is 13.5. The van der Waals surface area contributed by atoms with E-state index in [0.29, 0.717) is 27.9 Å². The molecule has 0 saturated heterocycles. The topological polar surface area (TPSA) is 113 Å². The predicted octanol–water partition coefficient (Wildman–Crippen LogP) is 4.19. The second-order valence-corrected chi connectivity index (χ2v) is 8.28. The third-order valence-corrected chi connectivity index (χ3v) is 5.32. The third kappa shape index (κ3) is 5.66. The largest absolute Gasteiger partial charge is 0.323 e. The van der Waals surface area contributed by atoms with Crippen molar-refractivity contribution >= 4 is 44.8 Å². The van der Waals surface area contributed by atoms with Crippen LogP contribution in [0.1, 0.15) is 11.5 Å². The summed E-state index contributed by atoms with van der Waals surface area (Å²) in [5, 5.41) is 5.76. The first kappa shape index (κ1) is 20.6. The summed E-state index contributed by atoms with van der Waals surface area (Å²) >= 11 is 5.88. The molecule has 0 saturated carbocycles. The highest BCUT2D eigenvalue weighted by molar-refractivity contribution is 7.92. The van der Waals surface area contributed by atoms with Crippen molar-refractivity contribution in [2.24, 2.45) is 0 Å². The number of sulfonamides is 1. The van der Waals surface area contributed by atoms with Crippen LogP contribution in [-0.4, -0.2) is 24.4 Å². The van der Waals surface area contributed by atoms with Crippen LogP contribution in [-0.2, 0) is 10.0 Å². The number of aromatic nitrogens is 2. The number of hydrogen-bond donors (Lipinski definition) is 3. The van der Waals surface area contributed by atoms with Gasteiger partial charge in [0.15, 0.2) is 0 Å². The van der Waals surface area contributed by atoms with E-state index in [2.05, 4.69) is 25.3 Å². The van der Waals surface area contributed by atoms with Crippen LogP contribution in [0.4, 0.5) is 22.0 Å². The molecule has 1 heterocycles. The molecule has 0 fully saturated rings. The van der Waals surface area contributed by atoms with Gasteiger partial charge in [-0.2, -0.15) is 0 Å². The van der Waals surface area contributed by atoms with Crippen molar-refractivity contribution < 1.29 is 13.2 Å². The lowest BCUT2D eigenvalue weighted by molar-refractivity contribution is 0.262. The average Bonchev–Trinajstić information content (AvgIpc) is 2.60. The zero-order chi connectivity index (χ0) is 21.0. The molecule has 0 atom stereocenters. The number of benzene rings is 2. The fourth-order valence-electron chi connectivity index (χ4n) is 2.54. The molecule has 2 aromatic carbocycles. The van der Waals surface area contributed by atoms with E-state index < -0.39 is 16.1 Å². The van der Waals surface area contributed by atoms with Gasteiger partial charge in [-0.15, -0.1) is 0 Å². The Bertz CT molecular complexity index is 1130. The van der Waals surface area contributed by atoms with Crippen LogP contribution in [0.2, 0.25) is 5.02 Å². The lowest BCUT2D eigenvalue weighted by Crippen LogP contribution is -2.19. The molecule has 0 aliphatic carbocycles. The van der Waals surface area contributed by atoms with Crippen molar-refractivity contribution in [2.45, 2.75) is 18.7 Å². The molecule has 8 nitrogen and oxygen atoms in total. The first-order valence-electron chi connectivity index (χ1n) is 8.50. The standard InChI is InChI=1S/C19H18ClN5O3S/c1-12-10-18(22-13(2)21-12)25-29(27,28)17-8-6-15(7-9-17)23-19(26)24-16-5-3-4-14(20)11-16/h3-11H,1-2H3,(H,21,22,25)(H2,23,24,26). The minimum Gasteiger partial charge on any atom is -0.308 e. The number of nitrogens with one attached hydrogen (secondary N) is 3. The van der Waals surface area contributed by atoms with Gasteiger partial charge in [0, 0.05) is 28.2 Å². The monoisotopic (exact) mass is 431 g/mol. The van der Waals surface area contributed by atoms with Crippen LogP contribution >= 0.6 is 11.6 Å². The molecule has 3 rings (SSSR count). The second kappa shape index (κ2) is 8.46. The maximum atomic E-state index is 12.5. The number of rotatable bonds is 5. The summed E-state index contributed by atoms with van der Waals surface area (Å²) in [6.07, 6.45) is 0. The Morgan fingerprint density at radius 3 is 2.28 bits per heavy atom. The van der Waals surface area contributed by atoms with Gasteiger partial charge >= 0.3 is 6.03 Å². The first-order valence-corrected chi connectivity index (χ1v) is 10.4. The normalized spacial score (nSPS) is 11.0. The smallest absolute Gasteiger partial charge is 0.308 e. The Kier molecular flexibility index (Phi) is 6.00. The highest BCUT2D eigenvalue weighted by Crippen LogP contribution is 2.19. The van der Waals surface area contributed by atoms with Gasteiger partial charge in [0.05, 0.1) is 4.90 Å². The molecule has 29 heavy (non-hydrogen) atoms. The quantitative estimate of drug-likeness (QED) is 0.560. The lowest BCUT2D eigenvalue weighted by Gasteiger charge is -2.10. The van der Waals surface area contributed by atoms with Gasteiger partial charge in [0.2, 0.25) is 0 Å². The number of carbonyl (C=O) groups excluding carboxylic acids is 1. The number of anilines is 3. The summed E-state index contributed by atoms with van der Waals surface area (Å²) in [7, 11) is -3.83. The Morgan fingerprint density at radius 2 is 1.62 bits per heavy atom. The van der Waals surface area contributed by atoms with E-state index in [1.165, 1.54) is 24.3 Å². The van der Waals surface area contributed by atoms with E-state index >= 15 is 0 Å². The minimum atomic E-state index is -3.83. The van der Waals surface area contributed by atoms with Crippen molar-refractivity contribution in [1.29, 1.82) is 0 Å². The lowest BCUT2D eigenvalue weighted by atomic mass is 10.3. The van der Waals surface area contributed by atoms with Crippen molar-refractivity contribution in [3.05, 3.63) is 71.1 Å². The summed E-state index contributed by atoms with van der Waals surface area (Å²) < 4.78 is 27.5. The SMILES string of the molecule is Cc1cc(NS(=O)(=O)c2ccc(NC(=O)Nc3cccc(Cl)c3)cc2)nc(C)n1. The summed E-state index contributed by atoms with van der Waals surface area (Å²) in [5.74, 6) is 0.658. The fraction of sp³-hybridized carbons (Fsp3) is 0.105. The Balaban J connectivity index is 1.67. The Hall–Kier alpha value is -3.17. The summed E-state index contributed by atoms with van der Waals surface area (Å²) in [6.45, 7) is 3.43. The first-order chi connectivity index (χ1) is 13.7. The molecule has 10 heteroatoms. The van der Waals surface area contributed by atoms with E-state index in [9.17, 15) is 13.2 Å². The number of carbonyl (C=O) groups is 1. The average molecular weight is 432 g/mol. The number of urea groups is 1. The maximum absolute atomic E-state index is 12.5. The molecule has 0 unspecified atom stereocenters. The molecule has 0 aliphatic rings. The fourth-order valence-corrected chi connectivity index (χ4v) is 3.73. The van der Waals surface area contributed by atoms with Gasteiger partial charge in [-0.1, -0.05) is 17.7 Å². The van der Waals surface area contributed by atoms with Gasteiger partial charge < -0.3 is 10.6 Å². The summed E-state index contributed by atoms with van der Waals surface area (Å²) in [4.78, 5) is 20.3. The van der Waals surface area contributed by atoms with Gasteiger partial charge in [0.1, 0.15) is 11.6 Å². The van der Waals surface area contributed by atoms with Crippen LogP contribution in [0.25, 0.3) is 0 Å². The van der Waals surface area contributed by atoms with E-state index in [1.807, 2.05) is 0 Å². The molecular formula is C19H18ClN5O3S. The van der Waals surface area contributed by atoms with Crippen LogP contribution in [0.3, 0.4) is 0 Å². The zero-order valence-electron chi connectivity index (χ0n) is 15.6. The van der Waals surface area contributed by atoms with E-state index in [4.69, 9.17) is 11.6 Å². The second-order valence-electron chi connectivity index (χ2n) is 6.16. The van der Waals surface area contributed by atoms with Crippen molar-refractivity contribution in [2.75, 3.05) is 15.4 Å². The van der Waals surface area contributed by atoms with Crippen molar-refractivity contribution in [1.82, 2.24) is 9.97 Å². The molecule has 0 bridgehead atoms. The van der Waals surface area contributed by atoms with E-state index in [1.54, 1.807) is 44.2 Å². The molecule has 3 N–H and O–H groups in total. The third-order valence-electron chi connectivity index (χ3n) is 3.71. The van der Waals surface area contributed by atoms with Crippen molar-refractivity contribution in [3.63, 3.8) is 0 Å². The molecule has 0 radical (unpaired) electrons. The van der Waals surface area contributed by atoms with Gasteiger partial charge in [-0.05, 0) is 56.3 Å². The predicted molar refractivity (Wildman–Crippen MR) is 113 cm³/mol. The van der Waals surface area contributed by atoms with Gasteiger partial charge in [-0.3, -0.25) is 4.72 Å². The summed E-state index contributed by atoms with van der Waals surface area (Å²) in [5.41, 5.74) is 1.62. The Morgan fingerprint density at radius 1 is 0.931 bits per heavy atom. The van der Waals surface area contributed by atoms with Crippen LogP contribution in [0.5, 0.6) is 0 Å². The molecule has 3 aromatic rings. The molecule has 0 aliphatic heterocycles. The van der Waals surface area contributed by atoms with E-state index in [0.717, 1.165) is 0 Å². The van der Waals surface area contributed by atoms with Gasteiger partial charge in [-0.25, -0.2) is 23.2 Å². The molecule has 2 amide bonds. The van der Waals surface area contributed by atoms with Crippen LogP contribution in [0.15, 0.2) is 59.5 Å².